The van der Waals surface area contributed by atoms with Crippen LogP contribution < -0.4 is 20.7 Å². The van der Waals surface area contributed by atoms with Gasteiger partial charge in [-0.3, -0.25) is 10.8 Å². The second-order valence-electron chi connectivity index (χ2n) is 4.34. The third kappa shape index (κ3) is 3.29. The molecule has 2 aromatic rings. The molecule has 0 aliphatic rings. The van der Waals surface area contributed by atoms with Gasteiger partial charge in [-0.05, 0) is 30.7 Å². The van der Waals surface area contributed by atoms with E-state index in [9.17, 15) is 4.39 Å². The molecule has 112 valence electrons. The number of nitrogens with zero attached hydrogens (tertiary/aromatic N) is 1. The fourth-order valence-corrected chi connectivity index (χ4v) is 2.16. The summed E-state index contributed by atoms with van der Waals surface area (Å²) in [6, 6.07) is 5.81. The molecule has 0 aliphatic heterocycles. The van der Waals surface area contributed by atoms with Crippen LogP contribution in [0.4, 0.5) is 4.39 Å². The maximum Gasteiger partial charge on any atom is 0.137 e. The number of nitrogens with two attached hydrogens (primary N) is 1. The van der Waals surface area contributed by atoms with Crippen molar-refractivity contribution in [1.29, 1.82) is 0 Å². The molecule has 1 unspecified atom stereocenters. The Hall–Kier alpha value is -2.18. The van der Waals surface area contributed by atoms with Crippen LogP contribution >= 0.6 is 0 Å². The van der Waals surface area contributed by atoms with Crippen molar-refractivity contribution >= 4 is 0 Å². The number of ether oxygens (including phenoxy) is 2. The van der Waals surface area contributed by atoms with Crippen LogP contribution in [0, 0.1) is 5.82 Å². The molecule has 6 heteroatoms. The van der Waals surface area contributed by atoms with E-state index in [0.29, 0.717) is 29.2 Å². The van der Waals surface area contributed by atoms with Gasteiger partial charge in [0.15, 0.2) is 0 Å². The van der Waals surface area contributed by atoms with Crippen LogP contribution in [-0.4, -0.2) is 18.7 Å². The number of benzene rings is 1. The molecule has 0 bridgehead atoms. The van der Waals surface area contributed by atoms with E-state index in [0.717, 1.165) is 0 Å². The van der Waals surface area contributed by atoms with Crippen molar-refractivity contribution in [1.82, 2.24) is 10.4 Å². The second-order valence-corrected chi connectivity index (χ2v) is 4.34. The predicted octanol–water partition coefficient (Wildman–Crippen LogP) is 2.18. The lowest BCUT2D eigenvalue weighted by Gasteiger charge is -2.20. The van der Waals surface area contributed by atoms with Crippen molar-refractivity contribution in [3.8, 4) is 11.5 Å². The molecule has 0 aliphatic carbocycles. The van der Waals surface area contributed by atoms with Crippen LogP contribution in [0.1, 0.15) is 24.1 Å². The van der Waals surface area contributed by atoms with Crippen molar-refractivity contribution in [3.05, 3.63) is 53.6 Å². The van der Waals surface area contributed by atoms with Crippen molar-refractivity contribution in [3.63, 3.8) is 0 Å². The van der Waals surface area contributed by atoms with Gasteiger partial charge in [-0.25, -0.2) is 9.82 Å². The largest absolute Gasteiger partial charge is 0.496 e. The van der Waals surface area contributed by atoms with E-state index in [1.54, 1.807) is 30.6 Å². The van der Waals surface area contributed by atoms with Crippen LogP contribution in [0.3, 0.4) is 0 Å². The summed E-state index contributed by atoms with van der Waals surface area (Å²) in [6.45, 7) is 2.40. The molecule has 21 heavy (non-hydrogen) atoms. The Morgan fingerprint density at radius 1 is 1.38 bits per heavy atom. The van der Waals surface area contributed by atoms with Gasteiger partial charge in [0.1, 0.15) is 17.3 Å². The Bertz CT molecular complexity index is 607. The quantitative estimate of drug-likeness (QED) is 0.630. The number of rotatable bonds is 6. The number of methoxy groups -OCH3 is 1. The summed E-state index contributed by atoms with van der Waals surface area (Å²) in [6.07, 6.45) is 3.21. The first-order chi connectivity index (χ1) is 10.2. The molecule has 1 heterocycles. The smallest absolute Gasteiger partial charge is 0.137 e. The topological polar surface area (TPSA) is 69.4 Å². The molecule has 1 aromatic carbocycles. The van der Waals surface area contributed by atoms with Gasteiger partial charge in [0.2, 0.25) is 0 Å². The highest BCUT2D eigenvalue weighted by atomic mass is 19.1. The number of hydrogen-bond acceptors (Lipinski definition) is 5. The summed E-state index contributed by atoms with van der Waals surface area (Å²) in [5.74, 6) is 6.23. The first kappa shape index (κ1) is 15.2. The minimum Gasteiger partial charge on any atom is -0.496 e. The van der Waals surface area contributed by atoms with E-state index in [2.05, 4.69) is 10.4 Å². The molecule has 2 rings (SSSR count). The highest BCUT2D eigenvalue weighted by Gasteiger charge is 2.22. The molecule has 0 saturated carbocycles. The van der Waals surface area contributed by atoms with Gasteiger partial charge in [-0.2, -0.15) is 0 Å². The monoisotopic (exact) mass is 291 g/mol. The summed E-state index contributed by atoms with van der Waals surface area (Å²) >= 11 is 0. The lowest BCUT2D eigenvalue weighted by atomic mass is 9.99. The maximum atomic E-state index is 14.2. The molecular formula is C15H18FN3O2. The van der Waals surface area contributed by atoms with E-state index >= 15 is 0 Å². The number of pyridine rings is 1. The minimum absolute atomic E-state index is 0.331. The van der Waals surface area contributed by atoms with Gasteiger partial charge < -0.3 is 9.47 Å². The molecule has 3 N–H and O–H groups in total. The summed E-state index contributed by atoms with van der Waals surface area (Å²) in [7, 11) is 1.49. The second kappa shape index (κ2) is 7.01. The average molecular weight is 291 g/mol. The molecule has 0 spiro atoms. The van der Waals surface area contributed by atoms with Gasteiger partial charge in [-0.1, -0.05) is 6.07 Å². The minimum atomic E-state index is -0.589. The molecular weight excluding hydrogens is 273 g/mol. The van der Waals surface area contributed by atoms with E-state index in [1.165, 1.54) is 13.2 Å². The Morgan fingerprint density at radius 3 is 2.86 bits per heavy atom. The van der Waals surface area contributed by atoms with Gasteiger partial charge in [0.05, 0.1) is 31.5 Å². The lowest BCUT2D eigenvalue weighted by molar-refractivity contribution is 0.338. The summed E-state index contributed by atoms with van der Waals surface area (Å²) in [5.41, 5.74) is 3.62. The zero-order valence-electron chi connectivity index (χ0n) is 12.0. The predicted molar refractivity (Wildman–Crippen MR) is 77.5 cm³/mol. The Labute approximate surface area is 122 Å². The normalized spacial score (nSPS) is 12.0. The molecule has 0 fully saturated rings. The zero-order chi connectivity index (χ0) is 15.2. The Balaban J connectivity index is 2.47. The summed E-state index contributed by atoms with van der Waals surface area (Å²) in [5, 5.41) is 0. The van der Waals surface area contributed by atoms with Gasteiger partial charge in [0.25, 0.3) is 0 Å². The SMILES string of the molecule is CCOc1cncc(C(NN)c2c(F)cccc2OC)c1. The average Bonchev–Trinajstić information content (AvgIpc) is 2.50. The van der Waals surface area contributed by atoms with Crippen LogP contribution in [0.15, 0.2) is 36.7 Å². The molecule has 0 amide bonds. The zero-order valence-corrected chi connectivity index (χ0v) is 12.0. The number of hydrogen-bond donors (Lipinski definition) is 2. The third-order valence-electron chi connectivity index (χ3n) is 3.07. The summed E-state index contributed by atoms with van der Waals surface area (Å²) in [4.78, 5) is 4.10. The van der Waals surface area contributed by atoms with Gasteiger partial charge in [-0.15, -0.1) is 0 Å². The number of hydrazine groups is 1. The van der Waals surface area contributed by atoms with Crippen LogP contribution in [0.25, 0.3) is 0 Å². The molecule has 1 atom stereocenters. The lowest BCUT2D eigenvalue weighted by Crippen LogP contribution is -2.30. The van der Waals surface area contributed by atoms with Crippen molar-refractivity contribution < 1.29 is 13.9 Å². The van der Waals surface area contributed by atoms with E-state index < -0.39 is 11.9 Å². The van der Waals surface area contributed by atoms with Crippen molar-refractivity contribution in [2.75, 3.05) is 13.7 Å². The Morgan fingerprint density at radius 2 is 2.19 bits per heavy atom. The molecule has 5 nitrogen and oxygen atoms in total. The standard InChI is InChI=1S/C15H18FN3O2/c1-3-21-11-7-10(8-18-9-11)15(19-17)14-12(16)5-4-6-13(14)20-2/h4-9,15,19H,3,17H2,1-2H3. The van der Waals surface area contributed by atoms with E-state index in [4.69, 9.17) is 15.3 Å². The van der Waals surface area contributed by atoms with E-state index in [1.807, 2.05) is 6.92 Å². The fraction of sp³-hybridized carbons (Fsp3) is 0.267. The van der Waals surface area contributed by atoms with Gasteiger partial charge in [0, 0.05) is 6.20 Å². The number of halogens is 1. The Kier molecular flexibility index (Phi) is 5.08. The van der Waals surface area contributed by atoms with Crippen LogP contribution in [-0.2, 0) is 0 Å². The molecule has 0 saturated heterocycles. The van der Waals surface area contributed by atoms with Gasteiger partial charge >= 0.3 is 0 Å². The third-order valence-corrected chi connectivity index (χ3v) is 3.07. The van der Waals surface area contributed by atoms with Crippen LogP contribution in [0.2, 0.25) is 0 Å². The summed E-state index contributed by atoms with van der Waals surface area (Å²) < 4.78 is 24.8. The number of nitrogens with one attached hydrogen (secondary N) is 1. The van der Waals surface area contributed by atoms with Crippen molar-refractivity contribution in [2.24, 2.45) is 5.84 Å². The first-order valence-corrected chi connectivity index (χ1v) is 6.57. The highest BCUT2D eigenvalue weighted by molar-refractivity contribution is 5.43. The van der Waals surface area contributed by atoms with Crippen molar-refractivity contribution in [2.45, 2.75) is 13.0 Å². The highest BCUT2D eigenvalue weighted by Crippen LogP contribution is 2.32. The number of aromatic nitrogens is 1. The first-order valence-electron chi connectivity index (χ1n) is 6.57. The molecule has 1 aromatic heterocycles. The fourth-order valence-electron chi connectivity index (χ4n) is 2.16. The molecule has 0 radical (unpaired) electrons. The van der Waals surface area contributed by atoms with E-state index in [-0.39, 0.29) is 0 Å². The van der Waals surface area contributed by atoms with Crippen LogP contribution in [0.5, 0.6) is 11.5 Å². The maximum absolute atomic E-state index is 14.2.